The van der Waals surface area contributed by atoms with E-state index in [9.17, 15) is 14.4 Å². The number of likely N-dealkylation sites (tertiary alicyclic amines) is 1. The summed E-state index contributed by atoms with van der Waals surface area (Å²) in [4.78, 5) is 40.8. The zero-order valence-electron chi connectivity index (χ0n) is 19.6. The number of carbonyl (C=O) groups is 3. The van der Waals surface area contributed by atoms with Gasteiger partial charge in [0.15, 0.2) is 0 Å². The molecule has 8 nitrogen and oxygen atoms in total. The van der Waals surface area contributed by atoms with Crippen LogP contribution in [-0.2, 0) is 20.7 Å². The fourth-order valence-electron chi connectivity index (χ4n) is 4.61. The number of anilines is 1. The summed E-state index contributed by atoms with van der Waals surface area (Å²) in [6.07, 6.45) is 2.73. The van der Waals surface area contributed by atoms with Gasteiger partial charge in [-0.3, -0.25) is 14.4 Å². The highest BCUT2D eigenvalue weighted by Crippen LogP contribution is 2.33. The van der Waals surface area contributed by atoms with E-state index in [0.29, 0.717) is 49.4 Å². The van der Waals surface area contributed by atoms with Crippen LogP contribution in [0.15, 0.2) is 42.5 Å². The van der Waals surface area contributed by atoms with Crippen molar-refractivity contribution in [2.45, 2.75) is 38.6 Å². The molecule has 0 radical (unpaired) electrons. The number of amides is 2. The maximum absolute atomic E-state index is 13.3. The molecule has 0 N–H and O–H groups in total. The summed E-state index contributed by atoms with van der Waals surface area (Å²) in [6, 6.07) is 13.2. The topological polar surface area (TPSA) is 85.4 Å². The number of esters is 1. The summed E-state index contributed by atoms with van der Waals surface area (Å²) in [7, 11) is 1.55. The molecule has 2 aromatic carbocycles. The first-order valence-corrected chi connectivity index (χ1v) is 11.6. The van der Waals surface area contributed by atoms with E-state index in [-0.39, 0.29) is 37.0 Å². The summed E-state index contributed by atoms with van der Waals surface area (Å²) < 4.78 is 15.9. The normalized spacial score (nSPS) is 16.1. The Morgan fingerprint density at radius 3 is 2.53 bits per heavy atom. The molecule has 1 fully saturated rings. The fourth-order valence-corrected chi connectivity index (χ4v) is 4.61. The molecule has 2 aliphatic rings. The molecule has 8 heteroatoms. The van der Waals surface area contributed by atoms with Crippen molar-refractivity contribution < 1.29 is 28.6 Å². The minimum absolute atomic E-state index is 0.0771. The molecule has 0 saturated carbocycles. The number of rotatable bonds is 7. The van der Waals surface area contributed by atoms with Crippen LogP contribution in [0.5, 0.6) is 11.5 Å². The van der Waals surface area contributed by atoms with Gasteiger partial charge in [0.1, 0.15) is 24.7 Å². The standard InChI is InChI=1S/C26H30N2O6/c1-18(29)33-15-16-34-24-17-21(32-2)8-9-22(24)26(31)27-13-11-20(12-14-27)28-23-6-4-3-5-19(23)7-10-25(28)30/h3-6,8-9,17,20H,7,10-16H2,1-2H3. The average Bonchev–Trinajstić information content (AvgIpc) is 2.86. The highest BCUT2D eigenvalue weighted by molar-refractivity contribution is 5.98. The van der Waals surface area contributed by atoms with E-state index in [0.717, 1.165) is 12.1 Å². The second-order valence-electron chi connectivity index (χ2n) is 8.47. The molecule has 0 aliphatic carbocycles. The largest absolute Gasteiger partial charge is 0.497 e. The number of aryl methyl sites for hydroxylation is 1. The van der Waals surface area contributed by atoms with Crippen LogP contribution in [0.1, 0.15) is 42.1 Å². The molecular formula is C26H30N2O6. The maximum atomic E-state index is 13.3. The average molecular weight is 467 g/mol. The first-order valence-electron chi connectivity index (χ1n) is 11.6. The van der Waals surface area contributed by atoms with Gasteiger partial charge in [0.05, 0.1) is 12.7 Å². The van der Waals surface area contributed by atoms with E-state index >= 15 is 0 Å². The highest BCUT2D eigenvalue weighted by Gasteiger charge is 2.34. The monoisotopic (exact) mass is 466 g/mol. The fraction of sp³-hybridized carbons (Fsp3) is 0.423. The molecule has 0 unspecified atom stereocenters. The Morgan fingerprint density at radius 2 is 1.79 bits per heavy atom. The van der Waals surface area contributed by atoms with Crippen LogP contribution in [0.3, 0.4) is 0 Å². The molecule has 34 heavy (non-hydrogen) atoms. The minimum atomic E-state index is -0.386. The molecule has 0 atom stereocenters. The zero-order chi connectivity index (χ0) is 24.1. The quantitative estimate of drug-likeness (QED) is 0.460. The summed E-state index contributed by atoms with van der Waals surface area (Å²) in [5, 5.41) is 0. The Labute approximate surface area is 199 Å². The van der Waals surface area contributed by atoms with Crippen molar-refractivity contribution in [1.29, 1.82) is 0 Å². The van der Waals surface area contributed by atoms with Gasteiger partial charge in [0, 0.05) is 44.2 Å². The van der Waals surface area contributed by atoms with Gasteiger partial charge >= 0.3 is 5.97 Å². The lowest BCUT2D eigenvalue weighted by atomic mass is 9.95. The molecule has 0 spiro atoms. The van der Waals surface area contributed by atoms with Crippen molar-refractivity contribution in [2.24, 2.45) is 0 Å². The van der Waals surface area contributed by atoms with Crippen LogP contribution in [0.25, 0.3) is 0 Å². The minimum Gasteiger partial charge on any atom is -0.497 e. The summed E-state index contributed by atoms with van der Waals surface area (Å²) in [6.45, 7) is 2.66. The van der Waals surface area contributed by atoms with E-state index in [1.807, 2.05) is 23.1 Å². The van der Waals surface area contributed by atoms with E-state index in [1.54, 1.807) is 30.2 Å². The number of para-hydroxylation sites is 1. The molecular weight excluding hydrogens is 436 g/mol. The van der Waals surface area contributed by atoms with Crippen LogP contribution in [0.2, 0.25) is 0 Å². The lowest BCUT2D eigenvalue weighted by molar-refractivity contribution is -0.141. The zero-order valence-corrected chi connectivity index (χ0v) is 19.6. The third-order valence-electron chi connectivity index (χ3n) is 6.31. The summed E-state index contributed by atoms with van der Waals surface area (Å²) in [5.41, 5.74) is 2.64. The van der Waals surface area contributed by atoms with Gasteiger partial charge in [-0.25, -0.2) is 0 Å². The molecule has 2 amide bonds. The van der Waals surface area contributed by atoms with Crippen molar-refractivity contribution in [3.63, 3.8) is 0 Å². The van der Waals surface area contributed by atoms with Crippen molar-refractivity contribution in [3.05, 3.63) is 53.6 Å². The predicted octanol–water partition coefficient (Wildman–Crippen LogP) is 3.22. The Bertz CT molecular complexity index is 1060. The molecule has 0 aromatic heterocycles. The number of hydrogen-bond acceptors (Lipinski definition) is 6. The lowest BCUT2D eigenvalue weighted by Gasteiger charge is -2.41. The summed E-state index contributed by atoms with van der Waals surface area (Å²) in [5.74, 6) is 0.595. The van der Waals surface area contributed by atoms with Gasteiger partial charge in [-0.15, -0.1) is 0 Å². The Balaban J connectivity index is 1.43. The number of methoxy groups -OCH3 is 1. The number of fused-ring (bicyclic) bond motifs is 1. The van der Waals surface area contributed by atoms with Gasteiger partial charge in [-0.05, 0) is 43.0 Å². The van der Waals surface area contributed by atoms with Gasteiger partial charge in [0.25, 0.3) is 5.91 Å². The third kappa shape index (κ3) is 5.16. The van der Waals surface area contributed by atoms with Crippen molar-refractivity contribution in [1.82, 2.24) is 4.90 Å². The van der Waals surface area contributed by atoms with E-state index in [1.165, 1.54) is 12.5 Å². The molecule has 1 saturated heterocycles. The van der Waals surface area contributed by atoms with Crippen molar-refractivity contribution in [2.75, 3.05) is 38.3 Å². The van der Waals surface area contributed by atoms with Crippen LogP contribution in [0.4, 0.5) is 5.69 Å². The van der Waals surface area contributed by atoms with E-state index in [4.69, 9.17) is 14.2 Å². The van der Waals surface area contributed by atoms with Gasteiger partial charge in [-0.2, -0.15) is 0 Å². The van der Waals surface area contributed by atoms with Gasteiger partial charge in [-0.1, -0.05) is 18.2 Å². The number of ether oxygens (including phenoxy) is 3. The van der Waals surface area contributed by atoms with Crippen LogP contribution in [0, 0.1) is 0 Å². The smallest absolute Gasteiger partial charge is 0.302 e. The molecule has 0 bridgehead atoms. The number of benzene rings is 2. The Hall–Kier alpha value is -3.55. The second-order valence-corrected chi connectivity index (χ2v) is 8.47. The van der Waals surface area contributed by atoms with Crippen LogP contribution >= 0.6 is 0 Å². The molecule has 2 heterocycles. The predicted molar refractivity (Wildman–Crippen MR) is 126 cm³/mol. The first-order chi connectivity index (χ1) is 16.5. The highest BCUT2D eigenvalue weighted by atomic mass is 16.6. The third-order valence-corrected chi connectivity index (χ3v) is 6.31. The number of hydrogen-bond donors (Lipinski definition) is 0. The Morgan fingerprint density at radius 1 is 1.03 bits per heavy atom. The number of nitrogens with zero attached hydrogens (tertiary/aromatic N) is 2. The van der Waals surface area contributed by atoms with E-state index < -0.39 is 0 Å². The van der Waals surface area contributed by atoms with Gasteiger partial charge < -0.3 is 24.0 Å². The van der Waals surface area contributed by atoms with Crippen LogP contribution < -0.4 is 14.4 Å². The Kier molecular flexibility index (Phi) is 7.35. The summed E-state index contributed by atoms with van der Waals surface area (Å²) >= 11 is 0. The molecule has 2 aliphatic heterocycles. The maximum Gasteiger partial charge on any atom is 0.302 e. The molecule has 4 rings (SSSR count). The SMILES string of the molecule is COc1ccc(C(=O)N2CCC(N3C(=O)CCc4ccccc43)CC2)c(OCCOC(C)=O)c1. The lowest BCUT2D eigenvalue weighted by Crippen LogP contribution is -2.50. The first kappa shape index (κ1) is 23.6. The molecule has 2 aromatic rings. The van der Waals surface area contributed by atoms with Crippen molar-refractivity contribution >= 4 is 23.5 Å². The van der Waals surface area contributed by atoms with Gasteiger partial charge in [0.2, 0.25) is 5.91 Å². The number of carbonyl (C=O) groups excluding carboxylic acids is 3. The molecule has 180 valence electrons. The van der Waals surface area contributed by atoms with E-state index in [2.05, 4.69) is 6.07 Å². The second kappa shape index (κ2) is 10.6. The number of piperidine rings is 1. The van der Waals surface area contributed by atoms with Crippen LogP contribution in [-0.4, -0.2) is 62.1 Å². The van der Waals surface area contributed by atoms with Crippen molar-refractivity contribution in [3.8, 4) is 11.5 Å².